The molecule has 0 N–H and O–H groups in total. The number of carbonyl (C=O) groups excluding carboxylic acids is 1. The molecule has 2 heteroatoms. The Labute approximate surface area is 324 Å². The van der Waals surface area contributed by atoms with Crippen molar-refractivity contribution in [1.29, 1.82) is 0 Å². The first kappa shape index (κ1) is 50.5. The number of unbranched alkanes of at least 4 members (excludes halogenated alkanes) is 38. The Morgan fingerprint density at radius 1 is 0.294 bits per heavy atom. The molecule has 0 heterocycles. The van der Waals surface area contributed by atoms with E-state index >= 15 is 0 Å². The lowest BCUT2D eigenvalue weighted by atomic mass is 9.94. The predicted molar refractivity (Wildman–Crippen MR) is 230 cm³/mol. The molecule has 51 heavy (non-hydrogen) atoms. The van der Waals surface area contributed by atoms with E-state index in [1.54, 1.807) is 0 Å². The first-order chi connectivity index (χ1) is 25.3. The van der Waals surface area contributed by atoms with E-state index in [2.05, 4.69) is 20.8 Å². The van der Waals surface area contributed by atoms with Crippen LogP contribution in [0.15, 0.2) is 0 Å². The second kappa shape index (κ2) is 45.6. The summed E-state index contributed by atoms with van der Waals surface area (Å²) in [7, 11) is 0. The minimum atomic E-state index is 0.123. The number of rotatable bonds is 45. The van der Waals surface area contributed by atoms with Crippen LogP contribution in [0.3, 0.4) is 0 Å². The summed E-state index contributed by atoms with van der Waals surface area (Å²) in [6.07, 6.45) is 58.6. The van der Waals surface area contributed by atoms with Gasteiger partial charge in [-0.15, -0.1) is 0 Å². The van der Waals surface area contributed by atoms with Crippen LogP contribution in [0.5, 0.6) is 0 Å². The van der Waals surface area contributed by atoms with E-state index in [1.807, 2.05) is 0 Å². The third-order valence-electron chi connectivity index (χ3n) is 11.6. The fraction of sp³-hybridized carbons (Fsp3) is 0.980. The van der Waals surface area contributed by atoms with E-state index < -0.39 is 0 Å². The van der Waals surface area contributed by atoms with Crippen LogP contribution in [-0.4, -0.2) is 12.6 Å². The molecule has 0 aromatic rings. The number of ether oxygens (including phenoxy) is 1. The van der Waals surface area contributed by atoms with Crippen molar-refractivity contribution in [3.63, 3.8) is 0 Å². The Bertz CT molecular complexity index is 630. The number of hydrogen-bond acceptors (Lipinski definition) is 2. The maximum Gasteiger partial charge on any atom is 0.308 e. The largest absolute Gasteiger partial charge is 0.465 e. The number of esters is 1. The van der Waals surface area contributed by atoms with E-state index in [9.17, 15) is 4.79 Å². The summed E-state index contributed by atoms with van der Waals surface area (Å²) in [5.41, 5.74) is 0. The molecule has 0 aromatic carbocycles. The van der Waals surface area contributed by atoms with E-state index in [-0.39, 0.29) is 11.9 Å². The Morgan fingerprint density at radius 2 is 0.490 bits per heavy atom. The molecule has 0 fully saturated rings. The number of carbonyl (C=O) groups is 1. The second-order valence-corrected chi connectivity index (χ2v) is 16.9. The third-order valence-corrected chi connectivity index (χ3v) is 11.6. The quantitative estimate of drug-likeness (QED) is 0.0463. The molecule has 0 radical (unpaired) electrons. The van der Waals surface area contributed by atoms with Gasteiger partial charge in [0.15, 0.2) is 0 Å². The zero-order chi connectivity index (χ0) is 37.0. The summed E-state index contributed by atoms with van der Waals surface area (Å²) in [5.74, 6) is 0.264. The maximum atomic E-state index is 13.2. The molecule has 0 spiro atoms. The highest BCUT2D eigenvalue weighted by molar-refractivity contribution is 5.72. The van der Waals surface area contributed by atoms with E-state index in [4.69, 9.17) is 4.74 Å². The highest BCUT2D eigenvalue weighted by Crippen LogP contribution is 2.22. The average Bonchev–Trinajstić information content (AvgIpc) is 3.14. The summed E-state index contributed by atoms with van der Waals surface area (Å²) in [4.78, 5) is 13.2. The predicted octanol–water partition coefficient (Wildman–Crippen LogP) is 18.0. The van der Waals surface area contributed by atoms with Crippen molar-refractivity contribution < 1.29 is 9.53 Å². The van der Waals surface area contributed by atoms with Gasteiger partial charge in [-0.1, -0.05) is 278 Å². The topological polar surface area (TPSA) is 26.3 Å². The van der Waals surface area contributed by atoms with Crippen molar-refractivity contribution in [3.05, 3.63) is 0 Å². The van der Waals surface area contributed by atoms with Crippen LogP contribution in [0.2, 0.25) is 0 Å². The highest BCUT2D eigenvalue weighted by Gasteiger charge is 2.19. The molecule has 0 aliphatic rings. The van der Waals surface area contributed by atoms with Gasteiger partial charge in [0.25, 0.3) is 0 Å². The van der Waals surface area contributed by atoms with Crippen molar-refractivity contribution in [1.82, 2.24) is 0 Å². The molecule has 0 saturated heterocycles. The molecule has 0 amide bonds. The Kier molecular flexibility index (Phi) is 45.2. The lowest BCUT2D eigenvalue weighted by molar-refractivity contribution is -0.149. The molecule has 1 unspecified atom stereocenters. The normalized spacial score (nSPS) is 12.1. The summed E-state index contributed by atoms with van der Waals surface area (Å²) >= 11 is 0. The third kappa shape index (κ3) is 42.1. The summed E-state index contributed by atoms with van der Waals surface area (Å²) in [5, 5.41) is 0. The highest BCUT2D eigenvalue weighted by atomic mass is 16.5. The van der Waals surface area contributed by atoms with Crippen molar-refractivity contribution in [2.24, 2.45) is 5.92 Å². The Balaban J connectivity index is 4.02. The van der Waals surface area contributed by atoms with Crippen LogP contribution in [0.1, 0.15) is 297 Å². The smallest absolute Gasteiger partial charge is 0.308 e. The second-order valence-electron chi connectivity index (χ2n) is 16.9. The summed E-state index contributed by atoms with van der Waals surface area (Å²) in [6.45, 7) is 7.54. The summed E-state index contributed by atoms with van der Waals surface area (Å²) in [6, 6.07) is 0. The Hall–Kier alpha value is -0.530. The van der Waals surface area contributed by atoms with E-state index in [0.717, 1.165) is 19.3 Å². The SMILES string of the molecule is CCCCCCCCCCCCCCCCCCOC(=O)C(CCCCCCCCCCCCC)CCCCCCCCCCCCCCCC. The zero-order valence-electron chi connectivity index (χ0n) is 36.0. The van der Waals surface area contributed by atoms with Gasteiger partial charge in [-0.25, -0.2) is 0 Å². The maximum absolute atomic E-state index is 13.2. The first-order valence-corrected chi connectivity index (χ1v) is 24.4. The van der Waals surface area contributed by atoms with Gasteiger partial charge < -0.3 is 4.74 Å². The minimum Gasteiger partial charge on any atom is -0.465 e. The number of hydrogen-bond donors (Lipinski definition) is 0. The van der Waals surface area contributed by atoms with Crippen molar-refractivity contribution >= 4 is 5.97 Å². The van der Waals surface area contributed by atoms with Gasteiger partial charge in [0.2, 0.25) is 0 Å². The Morgan fingerprint density at radius 3 is 0.725 bits per heavy atom. The molecular weight excluding hydrogens is 621 g/mol. The van der Waals surface area contributed by atoms with Gasteiger partial charge in [0, 0.05) is 0 Å². The van der Waals surface area contributed by atoms with E-state index in [0.29, 0.717) is 6.61 Å². The van der Waals surface area contributed by atoms with Crippen LogP contribution in [-0.2, 0) is 9.53 Å². The van der Waals surface area contributed by atoms with Gasteiger partial charge in [-0.05, 0) is 19.3 Å². The summed E-state index contributed by atoms with van der Waals surface area (Å²) < 4.78 is 5.90. The van der Waals surface area contributed by atoms with Crippen molar-refractivity contribution in [3.8, 4) is 0 Å². The molecule has 0 saturated carbocycles. The van der Waals surface area contributed by atoms with Crippen molar-refractivity contribution in [2.45, 2.75) is 297 Å². The molecule has 306 valence electrons. The first-order valence-electron chi connectivity index (χ1n) is 24.4. The monoisotopic (exact) mass is 719 g/mol. The molecule has 0 bridgehead atoms. The molecule has 0 rings (SSSR count). The lowest BCUT2D eigenvalue weighted by Crippen LogP contribution is -2.18. The van der Waals surface area contributed by atoms with Gasteiger partial charge in [-0.3, -0.25) is 4.79 Å². The van der Waals surface area contributed by atoms with Gasteiger partial charge in [-0.2, -0.15) is 0 Å². The van der Waals surface area contributed by atoms with Crippen molar-refractivity contribution in [2.75, 3.05) is 6.61 Å². The van der Waals surface area contributed by atoms with Gasteiger partial charge in [0.1, 0.15) is 0 Å². The van der Waals surface area contributed by atoms with Crippen LogP contribution in [0, 0.1) is 5.92 Å². The average molecular weight is 719 g/mol. The minimum absolute atomic E-state index is 0.123. The molecule has 0 aromatic heterocycles. The molecule has 2 nitrogen and oxygen atoms in total. The van der Waals surface area contributed by atoms with Crippen LogP contribution < -0.4 is 0 Å². The van der Waals surface area contributed by atoms with Crippen LogP contribution >= 0.6 is 0 Å². The fourth-order valence-electron chi connectivity index (χ4n) is 7.96. The van der Waals surface area contributed by atoms with Crippen LogP contribution in [0.4, 0.5) is 0 Å². The fourth-order valence-corrected chi connectivity index (χ4v) is 7.96. The molecule has 1 atom stereocenters. The van der Waals surface area contributed by atoms with E-state index in [1.165, 1.54) is 257 Å². The standard InChI is InChI=1S/C49H98O2/c1-4-7-10-13-16-19-22-24-26-27-29-32-35-38-41-44-47-51-49(50)48(45-42-39-36-33-30-21-18-15-12-9-6-3)46-43-40-37-34-31-28-25-23-20-17-14-11-8-5-2/h48H,4-47H2,1-3H3. The zero-order valence-corrected chi connectivity index (χ0v) is 36.0. The van der Waals surface area contributed by atoms with Crippen LogP contribution in [0.25, 0.3) is 0 Å². The van der Waals surface area contributed by atoms with Gasteiger partial charge >= 0.3 is 5.97 Å². The van der Waals surface area contributed by atoms with Gasteiger partial charge in [0.05, 0.1) is 12.5 Å². The molecule has 0 aliphatic heterocycles. The molecule has 0 aliphatic carbocycles. The lowest BCUT2D eigenvalue weighted by Gasteiger charge is -2.16. The molecular formula is C49H98O2.